The lowest BCUT2D eigenvalue weighted by molar-refractivity contribution is 0.0383. The van der Waals surface area contributed by atoms with Crippen molar-refractivity contribution in [2.24, 2.45) is 0 Å². The van der Waals surface area contributed by atoms with Crippen LogP contribution < -0.4 is 10.6 Å². The van der Waals surface area contributed by atoms with Crippen molar-refractivity contribution in [3.63, 3.8) is 0 Å². The maximum Gasteiger partial charge on any atom is 0.254 e. The maximum atomic E-state index is 12.2. The third-order valence-electron chi connectivity index (χ3n) is 4.92. The standard InChI is InChI=1S/C18H29N5O2/c24-17(19-7-8-23-9-11-25-12-10-23)15-13-20-18(21-14-15)22-16-5-3-1-2-4-6-16/h13-14,16H,1-12H2,(H,19,24)(H,20,21,22). The topological polar surface area (TPSA) is 79.4 Å². The van der Waals surface area contributed by atoms with E-state index in [1.54, 1.807) is 12.4 Å². The normalized spacial score (nSPS) is 20.0. The molecule has 1 aromatic rings. The Morgan fingerprint density at radius 3 is 2.48 bits per heavy atom. The number of hydrogen-bond donors (Lipinski definition) is 2. The van der Waals surface area contributed by atoms with Crippen molar-refractivity contribution in [1.82, 2.24) is 20.2 Å². The van der Waals surface area contributed by atoms with Crippen molar-refractivity contribution in [2.75, 3.05) is 44.7 Å². The van der Waals surface area contributed by atoms with Gasteiger partial charge in [0.2, 0.25) is 5.95 Å². The summed E-state index contributed by atoms with van der Waals surface area (Å²) in [5.74, 6) is 0.506. The monoisotopic (exact) mass is 347 g/mol. The second-order valence-corrected chi connectivity index (χ2v) is 6.84. The number of nitrogens with one attached hydrogen (secondary N) is 2. The van der Waals surface area contributed by atoms with E-state index in [2.05, 4.69) is 25.5 Å². The SMILES string of the molecule is O=C(NCCN1CCOCC1)c1cnc(NC2CCCCCC2)nc1. The lowest BCUT2D eigenvalue weighted by Crippen LogP contribution is -2.41. The molecule has 0 radical (unpaired) electrons. The highest BCUT2D eigenvalue weighted by Gasteiger charge is 2.14. The number of aromatic nitrogens is 2. The molecule has 1 aliphatic heterocycles. The predicted octanol–water partition coefficient (Wildman–Crippen LogP) is 1.67. The van der Waals surface area contributed by atoms with E-state index in [0.717, 1.165) is 32.8 Å². The first-order chi connectivity index (χ1) is 12.3. The Hall–Kier alpha value is -1.73. The van der Waals surface area contributed by atoms with Gasteiger partial charge in [-0.05, 0) is 12.8 Å². The molecule has 1 amide bonds. The number of morpholine rings is 1. The molecule has 2 fully saturated rings. The zero-order valence-electron chi connectivity index (χ0n) is 14.9. The number of anilines is 1. The van der Waals surface area contributed by atoms with Crippen molar-refractivity contribution in [3.05, 3.63) is 18.0 Å². The first kappa shape index (κ1) is 18.1. The van der Waals surface area contributed by atoms with Gasteiger partial charge in [0.25, 0.3) is 5.91 Å². The summed E-state index contributed by atoms with van der Waals surface area (Å²) in [7, 11) is 0. The van der Waals surface area contributed by atoms with Crippen LogP contribution in [-0.4, -0.2) is 66.2 Å². The summed E-state index contributed by atoms with van der Waals surface area (Å²) < 4.78 is 5.32. The average molecular weight is 347 g/mol. The Morgan fingerprint density at radius 1 is 1.12 bits per heavy atom. The molecule has 0 bridgehead atoms. The van der Waals surface area contributed by atoms with Crippen molar-refractivity contribution in [3.8, 4) is 0 Å². The van der Waals surface area contributed by atoms with Gasteiger partial charge in [-0.1, -0.05) is 25.7 Å². The van der Waals surface area contributed by atoms with Gasteiger partial charge >= 0.3 is 0 Å². The van der Waals surface area contributed by atoms with Gasteiger partial charge in [0.15, 0.2) is 0 Å². The number of carbonyl (C=O) groups excluding carboxylic acids is 1. The number of amides is 1. The molecule has 2 N–H and O–H groups in total. The van der Waals surface area contributed by atoms with E-state index in [4.69, 9.17) is 4.74 Å². The Balaban J connectivity index is 1.41. The number of ether oxygens (including phenoxy) is 1. The molecule has 0 atom stereocenters. The second kappa shape index (κ2) is 9.68. The number of rotatable bonds is 6. The highest BCUT2D eigenvalue weighted by molar-refractivity contribution is 5.93. The van der Waals surface area contributed by atoms with E-state index in [0.29, 0.717) is 24.1 Å². The minimum atomic E-state index is -0.116. The van der Waals surface area contributed by atoms with Crippen LogP contribution in [0.4, 0.5) is 5.95 Å². The zero-order chi connectivity index (χ0) is 17.3. The maximum absolute atomic E-state index is 12.2. The highest BCUT2D eigenvalue weighted by Crippen LogP contribution is 2.19. The summed E-state index contributed by atoms with van der Waals surface area (Å²) in [4.78, 5) is 23.1. The van der Waals surface area contributed by atoms with Crippen LogP contribution in [0.2, 0.25) is 0 Å². The summed E-state index contributed by atoms with van der Waals surface area (Å²) in [6.45, 7) is 4.88. The van der Waals surface area contributed by atoms with Gasteiger partial charge in [0.05, 0.1) is 18.8 Å². The largest absolute Gasteiger partial charge is 0.379 e. The van der Waals surface area contributed by atoms with E-state index in [-0.39, 0.29) is 5.91 Å². The second-order valence-electron chi connectivity index (χ2n) is 6.84. The predicted molar refractivity (Wildman–Crippen MR) is 96.7 cm³/mol. The van der Waals surface area contributed by atoms with Crippen molar-refractivity contribution < 1.29 is 9.53 Å². The average Bonchev–Trinajstić information content (AvgIpc) is 2.92. The first-order valence-electron chi connectivity index (χ1n) is 9.48. The van der Waals surface area contributed by atoms with Crippen LogP contribution in [0.5, 0.6) is 0 Å². The van der Waals surface area contributed by atoms with Crippen LogP contribution in [-0.2, 0) is 4.74 Å². The molecular formula is C18H29N5O2. The summed E-state index contributed by atoms with van der Waals surface area (Å²) in [6.07, 6.45) is 10.7. The summed E-state index contributed by atoms with van der Waals surface area (Å²) in [5, 5.41) is 6.33. The molecular weight excluding hydrogens is 318 g/mol. The molecule has 0 spiro atoms. The smallest absolute Gasteiger partial charge is 0.254 e. The van der Waals surface area contributed by atoms with Gasteiger partial charge < -0.3 is 15.4 Å². The molecule has 7 nitrogen and oxygen atoms in total. The van der Waals surface area contributed by atoms with Crippen LogP contribution >= 0.6 is 0 Å². The van der Waals surface area contributed by atoms with E-state index in [1.807, 2.05) is 0 Å². The summed E-state index contributed by atoms with van der Waals surface area (Å²) in [5.41, 5.74) is 0.508. The lowest BCUT2D eigenvalue weighted by atomic mass is 10.1. The molecule has 1 aliphatic carbocycles. The van der Waals surface area contributed by atoms with Crippen LogP contribution in [0.3, 0.4) is 0 Å². The van der Waals surface area contributed by atoms with Gasteiger partial charge in [-0.15, -0.1) is 0 Å². The molecule has 0 aromatic carbocycles. The van der Waals surface area contributed by atoms with Crippen LogP contribution in [0.1, 0.15) is 48.9 Å². The van der Waals surface area contributed by atoms with Crippen molar-refractivity contribution >= 4 is 11.9 Å². The van der Waals surface area contributed by atoms with Crippen molar-refractivity contribution in [1.29, 1.82) is 0 Å². The van der Waals surface area contributed by atoms with Gasteiger partial charge in [0, 0.05) is 44.6 Å². The fraction of sp³-hybridized carbons (Fsp3) is 0.722. The molecule has 1 saturated heterocycles. The number of carbonyl (C=O) groups is 1. The van der Waals surface area contributed by atoms with Gasteiger partial charge in [0.1, 0.15) is 0 Å². The van der Waals surface area contributed by atoms with E-state index >= 15 is 0 Å². The van der Waals surface area contributed by atoms with E-state index in [1.165, 1.54) is 38.5 Å². The fourth-order valence-corrected chi connectivity index (χ4v) is 3.38. The Labute approximate surface area is 149 Å². The molecule has 138 valence electrons. The van der Waals surface area contributed by atoms with Crippen LogP contribution in [0, 0.1) is 0 Å². The van der Waals surface area contributed by atoms with Crippen LogP contribution in [0.25, 0.3) is 0 Å². The minimum Gasteiger partial charge on any atom is -0.379 e. The molecule has 7 heteroatoms. The number of hydrogen-bond acceptors (Lipinski definition) is 6. The minimum absolute atomic E-state index is 0.116. The molecule has 3 rings (SSSR count). The quantitative estimate of drug-likeness (QED) is 0.762. The van der Waals surface area contributed by atoms with Gasteiger partial charge in [-0.3, -0.25) is 9.69 Å². The summed E-state index contributed by atoms with van der Waals surface area (Å²) >= 11 is 0. The molecule has 25 heavy (non-hydrogen) atoms. The molecule has 1 saturated carbocycles. The number of nitrogens with zero attached hydrogens (tertiary/aromatic N) is 3. The molecule has 2 aliphatic rings. The van der Waals surface area contributed by atoms with Crippen molar-refractivity contribution in [2.45, 2.75) is 44.6 Å². The summed E-state index contributed by atoms with van der Waals surface area (Å²) in [6, 6.07) is 0.454. The fourth-order valence-electron chi connectivity index (χ4n) is 3.38. The Bertz CT molecular complexity index is 523. The molecule has 0 unspecified atom stereocenters. The van der Waals surface area contributed by atoms with Gasteiger partial charge in [-0.2, -0.15) is 0 Å². The van der Waals surface area contributed by atoms with E-state index in [9.17, 15) is 4.79 Å². The van der Waals surface area contributed by atoms with E-state index < -0.39 is 0 Å². The Morgan fingerprint density at radius 2 is 1.80 bits per heavy atom. The highest BCUT2D eigenvalue weighted by atomic mass is 16.5. The molecule has 1 aromatic heterocycles. The third-order valence-corrected chi connectivity index (χ3v) is 4.92. The Kier molecular flexibility index (Phi) is 6.99. The first-order valence-corrected chi connectivity index (χ1v) is 9.48. The lowest BCUT2D eigenvalue weighted by Gasteiger charge is -2.26. The zero-order valence-corrected chi connectivity index (χ0v) is 14.9. The third kappa shape index (κ3) is 5.93. The molecule has 2 heterocycles. The van der Waals surface area contributed by atoms with Gasteiger partial charge in [-0.25, -0.2) is 9.97 Å². The van der Waals surface area contributed by atoms with Crippen LogP contribution in [0.15, 0.2) is 12.4 Å².